The minimum atomic E-state index is -0.301. The first-order valence-electron chi connectivity index (χ1n) is 9.31. The predicted molar refractivity (Wildman–Crippen MR) is 107 cm³/mol. The first kappa shape index (κ1) is 19.0. The molecule has 1 fully saturated rings. The number of benzene rings is 1. The van der Waals surface area contributed by atoms with E-state index in [9.17, 15) is 9.59 Å². The van der Waals surface area contributed by atoms with Crippen LogP contribution in [0, 0.1) is 12.8 Å². The van der Waals surface area contributed by atoms with E-state index in [0.29, 0.717) is 22.0 Å². The van der Waals surface area contributed by atoms with Crippen molar-refractivity contribution >= 4 is 28.6 Å². The Morgan fingerprint density at radius 1 is 1.35 bits per heavy atom. The minimum Gasteiger partial charge on any atom is -0.352 e. The molecule has 3 atom stereocenters. The van der Waals surface area contributed by atoms with Gasteiger partial charge in [-0.25, -0.2) is 4.98 Å². The molecule has 1 aliphatic rings. The standard InChI is InChI=1S/C20H27N3O2S/c1-12-9-10-17-15(11-12)19(25)23(4)20(22-17)26-14(3)18(24)21-16-8-6-5-7-13(16)2/h9-11,13-14,16H,5-8H2,1-4H3,(H,21,24). The smallest absolute Gasteiger partial charge is 0.261 e. The summed E-state index contributed by atoms with van der Waals surface area (Å²) < 4.78 is 1.54. The molecule has 3 unspecified atom stereocenters. The molecular formula is C20H27N3O2S. The van der Waals surface area contributed by atoms with Crippen LogP contribution in [-0.2, 0) is 11.8 Å². The fourth-order valence-corrected chi connectivity index (χ4v) is 4.40. The topological polar surface area (TPSA) is 64.0 Å². The number of nitrogens with zero attached hydrogens (tertiary/aromatic N) is 2. The molecule has 1 aromatic carbocycles. The Morgan fingerprint density at radius 2 is 2.08 bits per heavy atom. The lowest BCUT2D eigenvalue weighted by Gasteiger charge is -2.30. The lowest BCUT2D eigenvalue weighted by atomic mass is 9.86. The van der Waals surface area contributed by atoms with E-state index in [1.165, 1.54) is 31.0 Å². The van der Waals surface area contributed by atoms with E-state index >= 15 is 0 Å². The zero-order chi connectivity index (χ0) is 18.8. The molecule has 1 aliphatic carbocycles. The summed E-state index contributed by atoms with van der Waals surface area (Å²) in [5.74, 6) is 0.545. The van der Waals surface area contributed by atoms with Crippen molar-refractivity contribution in [2.24, 2.45) is 13.0 Å². The molecule has 1 heterocycles. The molecule has 1 aromatic heterocycles. The molecule has 0 bridgehead atoms. The molecule has 1 N–H and O–H groups in total. The van der Waals surface area contributed by atoms with E-state index in [-0.39, 0.29) is 22.8 Å². The molecule has 2 aromatic rings. The van der Waals surface area contributed by atoms with Crippen molar-refractivity contribution in [3.63, 3.8) is 0 Å². The Hall–Kier alpha value is -1.82. The quantitative estimate of drug-likeness (QED) is 0.659. The summed E-state index contributed by atoms with van der Waals surface area (Å²) in [6, 6.07) is 5.93. The Kier molecular flexibility index (Phi) is 5.70. The molecule has 3 rings (SSSR count). The van der Waals surface area contributed by atoms with Gasteiger partial charge in [0.2, 0.25) is 5.91 Å². The zero-order valence-corrected chi connectivity index (χ0v) is 16.7. The van der Waals surface area contributed by atoms with Gasteiger partial charge in [-0.1, -0.05) is 43.2 Å². The van der Waals surface area contributed by atoms with Gasteiger partial charge in [-0.3, -0.25) is 14.2 Å². The van der Waals surface area contributed by atoms with Gasteiger partial charge in [0.15, 0.2) is 5.16 Å². The molecule has 6 heteroatoms. The van der Waals surface area contributed by atoms with Gasteiger partial charge in [0.05, 0.1) is 16.2 Å². The van der Waals surface area contributed by atoms with Gasteiger partial charge in [-0.2, -0.15) is 0 Å². The van der Waals surface area contributed by atoms with Gasteiger partial charge < -0.3 is 5.32 Å². The molecule has 140 valence electrons. The van der Waals surface area contributed by atoms with Crippen molar-refractivity contribution < 1.29 is 4.79 Å². The number of rotatable bonds is 4. The van der Waals surface area contributed by atoms with Crippen LogP contribution in [0.4, 0.5) is 0 Å². The monoisotopic (exact) mass is 373 g/mol. The highest BCUT2D eigenvalue weighted by atomic mass is 32.2. The van der Waals surface area contributed by atoms with E-state index < -0.39 is 0 Å². The van der Waals surface area contributed by atoms with Gasteiger partial charge >= 0.3 is 0 Å². The van der Waals surface area contributed by atoms with Gasteiger partial charge in [-0.05, 0) is 44.7 Å². The highest BCUT2D eigenvalue weighted by Crippen LogP contribution is 2.26. The van der Waals surface area contributed by atoms with E-state index in [2.05, 4.69) is 17.2 Å². The normalized spacial score (nSPS) is 21.5. The van der Waals surface area contributed by atoms with Crippen LogP contribution in [0.25, 0.3) is 10.9 Å². The summed E-state index contributed by atoms with van der Waals surface area (Å²) in [6.07, 6.45) is 4.65. The molecule has 5 nitrogen and oxygen atoms in total. The molecule has 26 heavy (non-hydrogen) atoms. The van der Waals surface area contributed by atoms with Crippen molar-refractivity contribution in [1.29, 1.82) is 0 Å². The second-order valence-electron chi connectivity index (χ2n) is 7.42. The minimum absolute atomic E-state index is 0.0204. The molecular weight excluding hydrogens is 346 g/mol. The fourth-order valence-electron chi connectivity index (χ4n) is 3.51. The number of hydrogen-bond acceptors (Lipinski definition) is 4. The number of carbonyl (C=O) groups excluding carboxylic acids is 1. The number of thioether (sulfide) groups is 1. The summed E-state index contributed by atoms with van der Waals surface area (Å²) in [5.41, 5.74) is 1.63. The van der Waals surface area contributed by atoms with Gasteiger partial charge in [0.25, 0.3) is 5.56 Å². The van der Waals surface area contributed by atoms with Crippen molar-refractivity contribution in [1.82, 2.24) is 14.9 Å². The third-order valence-electron chi connectivity index (χ3n) is 5.28. The number of amides is 1. The Labute approximate surface area is 158 Å². The highest BCUT2D eigenvalue weighted by Gasteiger charge is 2.26. The zero-order valence-electron chi connectivity index (χ0n) is 15.9. The van der Waals surface area contributed by atoms with Crippen molar-refractivity contribution in [3.8, 4) is 0 Å². The number of aromatic nitrogens is 2. The number of aryl methyl sites for hydroxylation is 1. The van der Waals surface area contributed by atoms with E-state index in [1.807, 2.05) is 32.0 Å². The number of nitrogens with one attached hydrogen (secondary N) is 1. The molecule has 0 saturated heterocycles. The number of fused-ring (bicyclic) bond motifs is 1. The van der Waals surface area contributed by atoms with E-state index in [4.69, 9.17) is 0 Å². The van der Waals surface area contributed by atoms with E-state index in [1.54, 1.807) is 11.6 Å². The van der Waals surface area contributed by atoms with Crippen LogP contribution in [0.1, 0.15) is 45.1 Å². The lowest BCUT2D eigenvalue weighted by molar-refractivity contribution is -0.121. The summed E-state index contributed by atoms with van der Waals surface area (Å²) in [5, 5.41) is 4.08. The summed E-state index contributed by atoms with van der Waals surface area (Å²) >= 11 is 1.34. The third-order valence-corrected chi connectivity index (χ3v) is 6.42. The van der Waals surface area contributed by atoms with E-state index in [0.717, 1.165) is 12.0 Å². The summed E-state index contributed by atoms with van der Waals surface area (Å²) in [6.45, 7) is 6.04. The first-order chi connectivity index (χ1) is 12.4. The average Bonchev–Trinajstić information content (AvgIpc) is 2.62. The Bertz CT molecular complexity index is 877. The molecule has 1 amide bonds. The maximum absolute atomic E-state index is 12.6. The number of hydrogen-bond donors (Lipinski definition) is 1. The Balaban J connectivity index is 1.77. The van der Waals surface area contributed by atoms with Crippen LogP contribution >= 0.6 is 11.8 Å². The average molecular weight is 374 g/mol. The highest BCUT2D eigenvalue weighted by molar-refractivity contribution is 8.00. The van der Waals surface area contributed by atoms with Crippen molar-refractivity contribution in [2.75, 3.05) is 0 Å². The third kappa shape index (κ3) is 3.95. The largest absolute Gasteiger partial charge is 0.352 e. The van der Waals surface area contributed by atoms with Gasteiger partial charge in [0, 0.05) is 13.1 Å². The van der Waals surface area contributed by atoms with Crippen LogP contribution in [0.2, 0.25) is 0 Å². The van der Waals surface area contributed by atoms with Gasteiger partial charge in [0.1, 0.15) is 0 Å². The van der Waals surface area contributed by atoms with Crippen LogP contribution in [0.3, 0.4) is 0 Å². The maximum atomic E-state index is 12.6. The molecule has 0 radical (unpaired) electrons. The van der Waals surface area contributed by atoms with Crippen LogP contribution < -0.4 is 10.9 Å². The molecule has 0 spiro atoms. The second kappa shape index (κ2) is 7.82. The predicted octanol–water partition coefficient (Wildman–Crippen LogP) is 3.42. The van der Waals surface area contributed by atoms with Crippen LogP contribution in [0.15, 0.2) is 28.2 Å². The second-order valence-corrected chi connectivity index (χ2v) is 8.72. The number of carbonyl (C=O) groups is 1. The summed E-state index contributed by atoms with van der Waals surface area (Å²) in [4.78, 5) is 29.8. The van der Waals surface area contributed by atoms with Crippen molar-refractivity contribution in [3.05, 3.63) is 34.1 Å². The van der Waals surface area contributed by atoms with Crippen LogP contribution in [0.5, 0.6) is 0 Å². The first-order valence-corrected chi connectivity index (χ1v) is 10.2. The maximum Gasteiger partial charge on any atom is 0.261 e. The van der Waals surface area contributed by atoms with Crippen molar-refractivity contribution in [2.45, 2.75) is 62.9 Å². The fraction of sp³-hybridized carbons (Fsp3) is 0.550. The van der Waals surface area contributed by atoms with Gasteiger partial charge in [-0.15, -0.1) is 0 Å². The lowest BCUT2D eigenvalue weighted by Crippen LogP contribution is -2.44. The van der Waals surface area contributed by atoms with Crippen LogP contribution in [-0.4, -0.2) is 26.8 Å². The Morgan fingerprint density at radius 3 is 2.81 bits per heavy atom. The summed E-state index contributed by atoms with van der Waals surface area (Å²) in [7, 11) is 1.72. The molecule has 1 saturated carbocycles. The molecule has 0 aliphatic heterocycles. The SMILES string of the molecule is Cc1ccc2nc(SC(C)C(=O)NC3CCCCC3C)n(C)c(=O)c2c1.